The summed E-state index contributed by atoms with van der Waals surface area (Å²) in [5, 5.41) is 13.9. The quantitative estimate of drug-likeness (QED) is 0.912. The molecule has 1 aliphatic carbocycles. The third kappa shape index (κ3) is 4.14. The Bertz CT molecular complexity index is 462. The van der Waals surface area contributed by atoms with Crippen LogP contribution in [0.25, 0.3) is 0 Å². The normalized spacial score (nSPS) is 23.0. The molecule has 1 fully saturated rings. The summed E-state index contributed by atoms with van der Waals surface area (Å²) < 4.78 is 0. The molecule has 4 heteroatoms. The zero-order chi connectivity index (χ0) is 13.7. The number of nitrogens with zero attached hydrogens (tertiary/aromatic N) is 1. The first-order valence-electron chi connectivity index (χ1n) is 6.67. The SMILES string of the molecule is CSC1CCC(NCc2ccc(C#N)cc2Cl)CC1. The van der Waals surface area contributed by atoms with Gasteiger partial charge in [0.25, 0.3) is 0 Å². The molecule has 19 heavy (non-hydrogen) atoms. The van der Waals surface area contributed by atoms with Crippen molar-refractivity contribution in [2.75, 3.05) is 6.26 Å². The van der Waals surface area contributed by atoms with E-state index in [0.717, 1.165) is 17.4 Å². The van der Waals surface area contributed by atoms with Gasteiger partial charge in [0.05, 0.1) is 11.6 Å². The molecule has 1 aromatic carbocycles. The van der Waals surface area contributed by atoms with Crippen molar-refractivity contribution >= 4 is 23.4 Å². The molecule has 0 radical (unpaired) electrons. The number of benzene rings is 1. The molecule has 1 saturated carbocycles. The Morgan fingerprint density at radius 1 is 1.37 bits per heavy atom. The van der Waals surface area contributed by atoms with Gasteiger partial charge in [-0.1, -0.05) is 17.7 Å². The molecule has 1 N–H and O–H groups in total. The van der Waals surface area contributed by atoms with E-state index >= 15 is 0 Å². The third-order valence-electron chi connectivity index (χ3n) is 3.77. The van der Waals surface area contributed by atoms with Crippen LogP contribution in [-0.4, -0.2) is 17.5 Å². The van der Waals surface area contributed by atoms with Crippen LogP contribution in [0.15, 0.2) is 18.2 Å². The molecule has 0 amide bonds. The van der Waals surface area contributed by atoms with Crippen LogP contribution < -0.4 is 5.32 Å². The molecular weight excluding hydrogens is 276 g/mol. The van der Waals surface area contributed by atoms with E-state index in [4.69, 9.17) is 16.9 Å². The first kappa shape index (κ1) is 14.7. The second kappa shape index (κ2) is 7.19. The molecule has 0 spiro atoms. The maximum absolute atomic E-state index is 8.81. The Kier molecular flexibility index (Phi) is 5.57. The van der Waals surface area contributed by atoms with Gasteiger partial charge in [-0.05, 0) is 49.6 Å². The van der Waals surface area contributed by atoms with Crippen molar-refractivity contribution in [2.45, 2.75) is 43.5 Å². The lowest BCUT2D eigenvalue weighted by atomic mass is 9.95. The maximum Gasteiger partial charge on any atom is 0.0992 e. The summed E-state index contributed by atoms with van der Waals surface area (Å²) in [6.45, 7) is 0.791. The van der Waals surface area contributed by atoms with Gasteiger partial charge >= 0.3 is 0 Å². The number of nitriles is 1. The molecule has 102 valence electrons. The average molecular weight is 295 g/mol. The van der Waals surface area contributed by atoms with Crippen molar-refractivity contribution in [3.8, 4) is 6.07 Å². The summed E-state index contributed by atoms with van der Waals surface area (Å²) in [7, 11) is 0. The van der Waals surface area contributed by atoms with Crippen LogP contribution in [0.5, 0.6) is 0 Å². The molecule has 1 aromatic rings. The van der Waals surface area contributed by atoms with Crippen LogP contribution >= 0.6 is 23.4 Å². The van der Waals surface area contributed by atoms with E-state index in [1.807, 2.05) is 23.9 Å². The van der Waals surface area contributed by atoms with Crippen LogP contribution in [0.1, 0.15) is 36.8 Å². The van der Waals surface area contributed by atoms with Crippen molar-refractivity contribution in [1.29, 1.82) is 5.26 Å². The molecular formula is C15H19ClN2S. The smallest absolute Gasteiger partial charge is 0.0992 e. The predicted molar refractivity (Wildman–Crippen MR) is 82.6 cm³/mol. The van der Waals surface area contributed by atoms with Gasteiger partial charge in [-0.2, -0.15) is 17.0 Å². The zero-order valence-electron chi connectivity index (χ0n) is 11.2. The summed E-state index contributed by atoms with van der Waals surface area (Å²) >= 11 is 8.17. The molecule has 0 unspecified atom stereocenters. The van der Waals surface area contributed by atoms with Crippen LogP contribution in [0.4, 0.5) is 0 Å². The molecule has 0 aromatic heterocycles. The van der Waals surface area contributed by atoms with E-state index < -0.39 is 0 Å². The summed E-state index contributed by atoms with van der Waals surface area (Å²) in [5.41, 5.74) is 1.70. The summed E-state index contributed by atoms with van der Waals surface area (Å²) in [4.78, 5) is 0. The van der Waals surface area contributed by atoms with Gasteiger partial charge in [0.2, 0.25) is 0 Å². The first-order chi connectivity index (χ1) is 9.22. The van der Waals surface area contributed by atoms with Crippen molar-refractivity contribution < 1.29 is 0 Å². The molecule has 0 saturated heterocycles. The minimum absolute atomic E-state index is 0.607. The number of rotatable bonds is 4. The van der Waals surface area contributed by atoms with Crippen LogP contribution in [0.2, 0.25) is 5.02 Å². The Morgan fingerprint density at radius 3 is 2.68 bits per heavy atom. The Labute approximate surface area is 124 Å². The summed E-state index contributed by atoms with van der Waals surface area (Å²) in [5.74, 6) is 0. The Morgan fingerprint density at radius 2 is 2.11 bits per heavy atom. The van der Waals surface area contributed by atoms with Crippen LogP contribution in [0.3, 0.4) is 0 Å². The number of hydrogen-bond acceptors (Lipinski definition) is 3. The minimum Gasteiger partial charge on any atom is -0.310 e. The minimum atomic E-state index is 0.607. The van der Waals surface area contributed by atoms with Gasteiger partial charge in [0, 0.05) is 22.9 Å². The fourth-order valence-corrected chi connectivity index (χ4v) is 3.51. The number of nitrogens with one attached hydrogen (secondary N) is 1. The Balaban J connectivity index is 1.85. The number of thioether (sulfide) groups is 1. The number of halogens is 1. The van der Waals surface area contributed by atoms with E-state index in [2.05, 4.69) is 17.6 Å². The highest BCUT2D eigenvalue weighted by Gasteiger charge is 2.19. The fraction of sp³-hybridized carbons (Fsp3) is 0.533. The van der Waals surface area contributed by atoms with Crippen molar-refractivity contribution in [1.82, 2.24) is 5.32 Å². The second-order valence-corrected chi connectivity index (χ2v) is 6.55. The maximum atomic E-state index is 8.81. The molecule has 0 bridgehead atoms. The lowest BCUT2D eigenvalue weighted by Gasteiger charge is -2.28. The second-order valence-electron chi connectivity index (χ2n) is 5.01. The molecule has 2 rings (SSSR count). The molecule has 2 nitrogen and oxygen atoms in total. The fourth-order valence-electron chi connectivity index (χ4n) is 2.52. The van der Waals surface area contributed by atoms with Crippen molar-refractivity contribution in [2.24, 2.45) is 0 Å². The topological polar surface area (TPSA) is 35.8 Å². The number of hydrogen-bond donors (Lipinski definition) is 1. The van der Waals surface area contributed by atoms with Gasteiger partial charge in [0.1, 0.15) is 0 Å². The standard InChI is InChI=1S/C15H19ClN2S/c1-19-14-6-4-13(5-7-14)18-10-12-3-2-11(9-17)8-15(12)16/h2-3,8,13-14,18H,4-7,10H2,1H3. The highest BCUT2D eigenvalue weighted by molar-refractivity contribution is 7.99. The van der Waals surface area contributed by atoms with Gasteiger partial charge < -0.3 is 5.32 Å². The first-order valence-corrected chi connectivity index (χ1v) is 8.34. The monoisotopic (exact) mass is 294 g/mol. The molecule has 1 aliphatic rings. The highest BCUT2D eigenvalue weighted by atomic mass is 35.5. The highest BCUT2D eigenvalue weighted by Crippen LogP contribution is 2.27. The molecule has 0 atom stereocenters. The van der Waals surface area contributed by atoms with E-state index in [1.54, 1.807) is 6.07 Å². The largest absolute Gasteiger partial charge is 0.310 e. The summed E-state index contributed by atoms with van der Waals surface area (Å²) in [6, 6.07) is 8.22. The van der Waals surface area contributed by atoms with Gasteiger partial charge in [-0.25, -0.2) is 0 Å². The third-order valence-corrected chi connectivity index (χ3v) is 5.26. The molecule has 0 aliphatic heterocycles. The van der Waals surface area contributed by atoms with Crippen molar-refractivity contribution in [3.63, 3.8) is 0 Å². The van der Waals surface area contributed by atoms with Gasteiger partial charge in [0.15, 0.2) is 0 Å². The summed E-state index contributed by atoms with van der Waals surface area (Å²) in [6.07, 6.45) is 7.31. The van der Waals surface area contributed by atoms with Crippen molar-refractivity contribution in [3.05, 3.63) is 34.3 Å². The van der Waals surface area contributed by atoms with Crippen LogP contribution in [-0.2, 0) is 6.54 Å². The lowest BCUT2D eigenvalue weighted by molar-refractivity contribution is 0.379. The lowest BCUT2D eigenvalue weighted by Crippen LogP contribution is -2.33. The molecule has 0 heterocycles. The van der Waals surface area contributed by atoms with Gasteiger partial charge in [-0.15, -0.1) is 0 Å². The zero-order valence-corrected chi connectivity index (χ0v) is 12.7. The van der Waals surface area contributed by atoms with Gasteiger partial charge in [-0.3, -0.25) is 0 Å². The van der Waals surface area contributed by atoms with Crippen LogP contribution in [0, 0.1) is 11.3 Å². The Hall–Kier alpha value is -0.690. The predicted octanol–water partition coefficient (Wildman–Crippen LogP) is 3.98. The van der Waals surface area contributed by atoms with E-state index in [0.29, 0.717) is 16.6 Å². The van der Waals surface area contributed by atoms with E-state index in [9.17, 15) is 0 Å². The average Bonchev–Trinajstić information content (AvgIpc) is 2.46. The van der Waals surface area contributed by atoms with E-state index in [-0.39, 0.29) is 0 Å². The van der Waals surface area contributed by atoms with E-state index in [1.165, 1.54) is 25.7 Å².